The second kappa shape index (κ2) is 7.23. The molecule has 15 heavy (non-hydrogen) atoms. The first-order chi connectivity index (χ1) is 7.01. The van der Waals surface area contributed by atoms with Crippen LogP contribution < -0.4 is 10.6 Å². The molecule has 0 heterocycles. The van der Waals surface area contributed by atoms with Crippen LogP contribution in [0.2, 0.25) is 0 Å². The molecule has 5 heteroatoms. The summed E-state index contributed by atoms with van der Waals surface area (Å²) in [6.45, 7) is 5.65. The lowest BCUT2D eigenvalue weighted by Crippen LogP contribution is -2.48. The van der Waals surface area contributed by atoms with Gasteiger partial charge in [0.05, 0.1) is 0 Å². The Morgan fingerprint density at radius 1 is 1.27 bits per heavy atom. The maximum absolute atomic E-state index is 10.8. The highest BCUT2D eigenvalue weighted by Gasteiger charge is 2.18. The average molecular weight is 216 g/mol. The number of carbonyl (C=O) groups is 2. The minimum atomic E-state index is -1.01. The van der Waals surface area contributed by atoms with Crippen LogP contribution >= 0.6 is 0 Å². The van der Waals surface area contributed by atoms with Crippen LogP contribution in [0.4, 0.5) is 0 Å². The van der Waals surface area contributed by atoms with Crippen molar-refractivity contribution in [1.29, 1.82) is 0 Å². The first-order valence-electron chi connectivity index (χ1n) is 5.24. The van der Waals surface area contributed by atoms with Crippen molar-refractivity contribution in [1.82, 2.24) is 10.6 Å². The Morgan fingerprint density at radius 2 is 1.80 bits per heavy atom. The molecule has 0 saturated carbocycles. The Balaban J connectivity index is 4.06. The van der Waals surface area contributed by atoms with Gasteiger partial charge in [0.2, 0.25) is 5.91 Å². The zero-order valence-electron chi connectivity index (χ0n) is 9.54. The van der Waals surface area contributed by atoms with Gasteiger partial charge in [-0.15, -0.1) is 0 Å². The standard InChI is InChI=1S/C10H20N2O3/c1-4-8(5-2)11-6-9(10(14)15)12-7(3)13/h8-9,11H,4-6H2,1-3H3,(H,12,13)(H,14,15). The number of hydrogen-bond acceptors (Lipinski definition) is 3. The summed E-state index contributed by atoms with van der Waals surface area (Å²) >= 11 is 0. The Hall–Kier alpha value is -1.10. The van der Waals surface area contributed by atoms with E-state index in [0.29, 0.717) is 6.04 Å². The molecule has 0 aliphatic heterocycles. The topological polar surface area (TPSA) is 78.4 Å². The van der Waals surface area contributed by atoms with E-state index in [1.54, 1.807) is 0 Å². The first-order valence-corrected chi connectivity index (χ1v) is 5.24. The van der Waals surface area contributed by atoms with E-state index in [9.17, 15) is 9.59 Å². The van der Waals surface area contributed by atoms with Gasteiger partial charge in [-0.2, -0.15) is 0 Å². The number of rotatable bonds is 7. The third-order valence-electron chi connectivity index (χ3n) is 2.27. The molecule has 1 atom stereocenters. The van der Waals surface area contributed by atoms with E-state index in [0.717, 1.165) is 12.8 Å². The van der Waals surface area contributed by atoms with E-state index in [4.69, 9.17) is 5.11 Å². The summed E-state index contributed by atoms with van der Waals surface area (Å²) in [6.07, 6.45) is 1.89. The lowest BCUT2D eigenvalue weighted by molar-refractivity contribution is -0.141. The number of aliphatic carboxylic acids is 1. The molecular formula is C10H20N2O3. The van der Waals surface area contributed by atoms with Crippen LogP contribution in [-0.2, 0) is 9.59 Å². The van der Waals surface area contributed by atoms with E-state index >= 15 is 0 Å². The van der Waals surface area contributed by atoms with Crippen molar-refractivity contribution < 1.29 is 14.7 Å². The summed E-state index contributed by atoms with van der Waals surface area (Å²) in [5, 5.41) is 14.3. The summed E-state index contributed by atoms with van der Waals surface area (Å²) in [6, 6.07) is -0.538. The fourth-order valence-electron chi connectivity index (χ4n) is 1.31. The first kappa shape index (κ1) is 13.9. The smallest absolute Gasteiger partial charge is 0.327 e. The molecule has 0 bridgehead atoms. The monoisotopic (exact) mass is 216 g/mol. The van der Waals surface area contributed by atoms with Gasteiger partial charge in [-0.1, -0.05) is 13.8 Å². The number of carbonyl (C=O) groups excluding carboxylic acids is 1. The molecule has 0 rings (SSSR count). The van der Waals surface area contributed by atoms with Gasteiger partial charge in [-0.25, -0.2) is 4.79 Å². The molecule has 0 spiro atoms. The van der Waals surface area contributed by atoms with Gasteiger partial charge in [-0.05, 0) is 12.8 Å². The Kier molecular flexibility index (Phi) is 6.70. The molecule has 1 unspecified atom stereocenters. The quantitative estimate of drug-likeness (QED) is 0.574. The highest BCUT2D eigenvalue weighted by molar-refractivity contribution is 5.82. The molecule has 0 aromatic rings. The number of hydrogen-bond donors (Lipinski definition) is 3. The van der Waals surface area contributed by atoms with Crippen molar-refractivity contribution >= 4 is 11.9 Å². The minimum absolute atomic E-state index is 0.265. The molecule has 3 N–H and O–H groups in total. The van der Waals surface area contributed by atoms with Gasteiger partial charge in [0, 0.05) is 19.5 Å². The van der Waals surface area contributed by atoms with Crippen molar-refractivity contribution in [3.05, 3.63) is 0 Å². The zero-order valence-corrected chi connectivity index (χ0v) is 9.54. The molecule has 88 valence electrons. The predicted molar refractivity (Wildman–Crippen MR) is 57.6 cm³/mol. The van der Waals surface area contributed by atoms with Crippen molar-refractivity contribution in [2.24, 2.45) is 0 Å². The molecule has 5 nitrogen and oxygen atoms in total. The van der Waals surface area contributed by atoms with Gasteiger partial charge in [0.1, 0.15) is 6.04 Å². The van der Waals surface area contributed by atoms with Crippen LogP contribution in [0.25, 0.3) is 0 Å². The third kappa shape index (κ3) is 6.06. The lowest BCUT2D eigenvalue weighted by atomic mass is 10.1. The van der Waals surface area contributed by atoms with Crippen LogP contribution in [0, 0.1) is 0 Å². The largest absolute Gasteiger partial charge is 0.480 e. The van der Waals surface area contributed by atoms with E-state index in [-0.39, 0.29) is 12.5 Å². The third-order valence-corrected chi connectivity index (χ3v) is 2.27. The molecule has 0 aliphatic rings. The van der Waals surface area contributed by atoms with Gasteiger partial charge in [-0.3, -0.25) is 4.79 Å². The SMILES string of the molecule is CCC(CC)NCC(NC(C)=O)C(=O)O. The predicted octanol–water partition coefficient (Wildman–Crippen LogP) is 0.354. The fraction of sp³-hybridized carbons (Fsp3) is 0.800. The van der Waals surface area contributed by atoms with Crippen molar-refractivity contribution in [2.45, 2.75) is 45.7 Å². The Morgan fingerprint density at radius 3 is 2.13 bits per heavy atom. The zero-order chi connectivity index (χ0) is 11.8. The van der Waals surface area contributed by atoms with Crippen LogP contribution in [-0.4, -0.2) is 35.6 Å². The maximum Gasteiger partial charge on any atom is 0.327 e. The molecule has 0 radical (unpaired) electrons. The molecule has 0 saturated heterocycles. The number of carboxylic acid groups (broad SMARTS) is 1. The maximum atomic E-state index is 10.8. The van der Waals surface area contributed by atoms with Crippen molar-refractivity contribution in [3.63, 3.8) is 0 Å². The summed E-state index contributed by atoms with van der Waals surface area (Å²) in [5.41, 5.74) is 0. The molecule has 0 aromatic carbocycles. The average Bonchev–Trinajstić information content (AvgIpc) is 2.16. The molecule has 1 amide bonds. The van der Waals surface area contributed by atoms with Crippen LogP contribution in [0.3, 0.4) is 0 Å². The summed E-state index contributed by atoms with van der Waals surface area (Å²) in [4.78, 5) is 21.5. The second-order valence-electron chi connectivity index (χ2n) is 3.51. The fourth-order valence-corrected chi connectivity index (χ4v) is 1.31. The Bertz CT molecular complexity index is 215. The second-order valence-corrected chi connectivity index (χ2v) is 3.51. The van der Waals surface area contributed by atoms with E-state index in [1.165, 1.54) is 6.92 Å². The van der Waals surface area contributed by atoms with Crippen LogP contribution in [0.1, 0.15) is 33.6 Å². The van der Waals surface area contributed by atoms with Gasteiger partial charge < -0.3 is 15.7 Å². The minimum Gasteiger partial charge on any atom is -0.480 e. The number of carboxylic acids is 1. The van der Waals surface area contributed by atoms with E-state index in [2.05, 4.69) is 10.6 Å². The molecule has 0 fully saturated rings. The Labute approximate surface area is 90.2 Å². The van der Waals surface area contributed by atoms with Crippen molar-refractivity contribution in [2.75, 3.05) is 6.54 Å². The van der Waals surface area contributed by atoms with E-state index in [1.807, 2.05) is 13.8 Å². The number of nitrogens with one attached hydrogen (secondary N) is 2. The summed E-state index contributed by atoms with van der Waals surface area (Å²) < 4.78 is 0. The number of amides is 1. The highest BCUT2D eigenvalue weighted by atomic mass is 16.4. The lowest BCUT2D eigenvalue weighted by Gasteiger charge is -2.19. The molecule has 0 aliphatic carbocycles. The van der Waals surface area contributed by atoms with Crippen LogP contribution in [0.15, 0.2) is 0 Å². The highest BCUT2D eigenvalue weighted by Crippen LogP contribution is 1.96. The molecule has 0 aromatic heterocycles. The normalized spacial score (nSPS) is 12.5. The van der Waals surface area contributed by atoms with Crippen LogP contribution in [0.5, 0.6) is 0 Å². The summed E-state index contributed by atoms with van der Waals surface area (Å²) in [7, 11) is 0. The van der Waals surface area contributed by atoms with Crippen molar-refractivity contribution in [3.8, 4) is 0 Å². The van der Waals surface area contributed by atoms with E-state index < -0.39 is 12.0 Å². The summed E-state index contributed by atoms with van der Waals surface area (Å²) in [5.74, 6) is -1.34. The van der Waals surface area contributed by atoms with Gasteiger partial charge in [0.25, 0.3) is 0 Å². The van der Waals surface area contributed by atoms with Gasteiger partial charge >= 0.3 is 5.97 Å². The van der Waals surface area contributed by atoms with Gasteiger partial charge in [0.15, 0.2) is 0 Å². The molecular weight excluding hydrogens is 196 g/mol.